The third kappa shape index (κ3) is 7.58. The van der Waals surface area contributed by atoms with Crippen LogP contribution in [0.5, 0.6) is 0 Å². The Kier molecular flexibility index (Phi) is 9.99. The van der Waals surface area contributed by atoms with E-state index >= 15 is 0 Å². The normalized spacial score (nSPS) is 23.3. The van der Waals surface area contributed by atoms with Crippen molar-refractivity contribution >= 4 is 5.97 Å². The first-order valence-electron chi connectivity index (χ1n) is 12.2. The number of rotatable bonds is 12. The number of hydrogen-bond acceptors (Lipinski definition) is 7. The third-order valence-corrected chi connectivity index (χ3v) is 5.93. The van der Waals surface area contributed by atoms with E-state index in [1.807, 2.05) is 60.7 Å². The highest BCUT2D eigenvalue weighted by molar-refractivity contribution is 5.89. The molecule has 0 aliphatic carbocycles. The smallest absolute Gasteiger partial charge is 0.338 e. The van der Waals surface area contributed by atoms with Crippen molar-refractivity contribution in [2.24, 2.45) is 0 Å². The van der Waals surface area contributed by atoms with Crippen molar-refractivity contribution in [2.75, 3.05) is 13.2 Å². The Bertz CT molecular complexity index is 1090. The average molecular weight is 505 g/mol. The lowest BCUT2D eigenvalue weighted by Crippen LogP contribution is -2.61. The monoisotopic (exact) mass is 504 g/mol. The summed E-state index contributed by atoms with van der Waals surface area (Å²) in [6, 6.07) is 27.9. The molecule has 0 saturated carbocycles. The van der Waals surface area contributed by atoms with E-state index < -0.39 is 36.7 Å². The number of hydrogen-bond donors (Lipinski definition) is 1. The Labute approximate surface area is 217 Å². The Balaban J connectivity index is 1.51. The molecule has 0 bridgehead atoms. The topological polar surface area (TPSA) is 83.5 Å². The number of esters is 1. The number of benzene rings is 3. The van der Waals surface area contributed by atoms with Gasteiger partial charge >= 0.3 is 5.97 Å². The zero-order valence-electron chi connectivity index (χ0n) is 20.6. The molecule has 0 amide bonds. The van der Waals surface area contributed by atoms with E-state index in [0.29, 0.717) is 12.2 Å². The van der Waals surface area contributed by atoms with Crippen LogP contribution in [0, 0.1) is 0 Å². The first kappa shape index (κ1) is 26.7. The molecule has 1 saturated heterocycles. The molecule has 0 radical (unpaired) electrons. The number of ether oxygens (including phenoxy) is 5. The summed E-state index contributed by atoms with van der Waals surface area (Å²) in [6.45, 7) is 4.56. The molecule has 1 aliphatic heterocycles. The van der Waals surface area contributed by atoms with Gasteiger partial charge in [0.15, 0.2) is 12.4 Å². The van der Waals surface area contributed by atoms with Crippen molar-refractivity contribution in [3.05, 3.63) is 120 Å². The SMILES string of the molecule is C=CCO[C@@H]1OC(COCc2ccccc2)[C@H](OCc2ccccc2)C(O)C1OC(=O)c1ccccc1. The van der Waals surface area contributed by atoms with Crippen LogP contribution >= 0.6 is 0 Å². The molecule has 4 rings (SSSR count). The Morgan fingerprint density at radius 3 is 2.05 bits per heavy atom. The molecule has 1 fully saturated rings. The average Bonchev–Trinajstić information content (AvgIpc) is 2.94. The Morgan fingerprint density at radius 2 is 1.43 bits per heavy atom. The number of carbonyl (C=O) groups excluding carboxylic acids is 1. The molecule has 3 aromatic rings. The molecule has 5 atom stereocenters. The quantitative estimate of drug-likeness (QED) is 0.291. The largest absolute Gasteiger partial charge is 0.450 e. The van der Waals surface area contributed by atoms with Gasteiger partial charge in [0.05, 0.1) is 32.0 Å². The first-order valence-corrected chi connectivity index (χ1v) is 12.2. The van der Waals surface area contributed by atoms with E-state index in [0.717, 1.165) is 11.1 Å². The number of aliphatic hydroxyl groups excluding tert-OH is 1. The van der Waals surface area contributed by atoms with Gasteiger partial charge in [0.25, 0.3) is 0 Å². The van der Waals surface area contributed by atoms with Crippen molar-refractivity contribution in [3.63, 3.8) is 0 Å². The highest BCUT2D eigenvalue weighted by atomic mass is 16.7. The standard InChI is InChI=1S/C30H32O7/c1-2-18-34-30-28(37-29(32)24-16-10-5-11-17-24)26(31)27(35-20-23-14-8-4-9-15-23)25(36-30)21-33-19-22-12-6-3-7-13-22/h2-17,25-28,30-31H,1,18-21H2/t25?,26?,27-,28?,30+/m0/s1. The molecule has 1 aliphatic rings. The van der Waals surface area contributed by atoms with Crippen LogP contribution in [0.2, 0.25) is 0 Å². The third-order valence-electron chi connectivity index (χ3n) is 5.93. The van der Waals surface area contributed by atoms with Crippen LogP contribution < -0.4 is 0 Å². The van der Waals surface area contributed by atoms with E-state index in [9.17, 15) is 9.90 Å². The minimum atomic E-state index is -1.23. The molecule has 0 spiro atoms. The van der Waals surface area contributed by atoms with Crippen LogP contribution in [-0.2, 0) is 36.9 Å². The van der Waals surface area contributed by atoms with Crippen molar-refractivity contribution in [1.82, 2.24) is 0 Å². The van der Waals surface area contributed by atoms with Crippen LogP contribution in [0.15, 0.2) is 104 Å². The maximum atomic E-state index is 12.8. The van der Waals surface area contributed by atoms with E-state index in [1.165, 1.54) is 0 Å². The van der Waals surface area contributed by atoms with E-state index in [2.05, 4.69) is 6.58 Å². The van der Waals surface area contributed by atoms with Gasteiger partial charge < -0.3 is 28.8 Å². The maximum Gasteiger partial charge on any atom is 0.338 e. The fraction of sp³-hybridized carbons (Fsp3) is 0.300. The van der Waals surface area contributed by atoms with Crippen molar-refractivity contribution in [2.45, 2.75) is 43.9 Å². The zero-order chi connectivity index (χ0) is 25.9. The highest BCUT2D eigenvalue weighted by Crippen LogP contribution is 2.29. The second-order valence-corrected chi connectivity index (χ2v) is 8.65. The summed E-state index contributed by atoms with van der Waals surface area (Å²) < 4.78 is 29.7. The fourth-order valence-electron chi connectivity index (χ4n) is 4.06. The summed E-state index contributed by atoms with van der Waals surface area (Å²) >= 11 is 0. The summed E-state index contributed by atoms with van der Waals surface area (Å²) in [4.78, 5) is 12.8. The maximum absolute atomic E-state index is 12.8. The predicted molar refractivity (Wildman–Crippen MR) is 138 cm³/mol. The lowest BCUT2D eigenvalue weighted by atomic mass is 9.98. The second kappa shape index (κ2) is 13.8. The van der Waals surface area contributed by atoms with Gasteiger partial charge in [-0.1, -0.05) is 84.9 Å². The second-order valence-electron chi connectivity index (χ2n) is 8.65. The summed E-state index contributed by atoms with van der Waals surface area (Å²) in [5.41, 5.74) is 2.29. The van der Waals surface area contributed by atoms with Crippen LogP contribution in [0.3, 0.4) is 0 Å². The molecule has 7 nitrogen and oxygen atoms in total. The molecule has 3 aromatic carbocycles. The fourth-order valence-corrected chi connectivity index (χ4v) is 4.06. The van der Waals surface area contributed by atoms with Gasteiger partial charge in [0.1, 0.15) is 18.3 Å². The number of carbonyl (C=O) groups is 1. The zero-order valence-corrected chi connectivity index (χ0v) is 20.6. The lowest BCUT2D eigenvalue weighted by Gasteiger charge is -2.43. The molecule has 1 heterocycles. The summed E-state index contributed by atoms with van der Waals surface area (Å²) in [5.74, 6) is -0.596. The van der Waals surface area contributed by atoms with Crippen LogP contribution in [0.25, 0.3) is 0 Å². The molecule has 194 valence electrons. The van der Waals surface area contributed by atoms with Gasteiger partial charge in [0, 0.05) is 0 Å². The van der Waals surface area contributed by atoms with Crippen molar-refractivity contribution in [3.8, 4) is 0 Å². The van der Waals surface area contributed by atoms with Gasteiger partial charge in [0.2, 0.25) is 0 Å². The van der Waals surface area contributed by atoms with Gasteiger partial charge in [-0.3, -0.25) is 0 Å². The molecular weight excluding hydrogens is 472 g/mol. The van der Waals surface area contributed by atoms with E-state index in [-0.39, 0.29) is 19.8 Å². The van der Waals surface area contributed by atoms with E-state index in [4.69, 9.17) is 23.7 Å². The van der Waals surface area contributed by atoms with Crippen LogP contribution in [0.4, 0.5) is 0 Å². The molecule has 0 aromatic heterocycles. The summed E-state index contributed by atoms with van der Waals surface area (Å²) in [7, 11) is 0. The Hall–Kier alpha value is -3.33. The van der Waals surface area contributed by atoms with Crippen molar-refractivity contribution < 1.29 is 33.6 Å². The van der Waals surface area contributed by atoms with Crippen LogP contribution in [-0.4, -0.2) is 55.0 Å². The molecule has 3 unspecified atom stereocenters. The van der Waals surface area contributed by atoms with Crippen LogP contribution in [0.1, 0.15) is 21.5 Å². The van der Waals surface area contributed by atoms with Gasteiger partial charge in [-0.15, -0.1) is 6.58 Å². The molecular formula is C30H32O7. The molecule has 37 heavy (non-hydrogen) atoms. The lowest BCUT2D eigenvalue weighted by molar-refractivity contribution is -0.307. The summed E-state index contributed by atoms with van der Waals surface area (Å²) in [5, 5.41) is 11.4. The van der Waals surface area contributed by atoms with Gasteiger partial charge in [-0.2, -0.15) is 0 Å². The van der Waals surface area contributed by atoms with Crippen molar-refractivity contribution in [1.29, 1.82) is 0 Å². The number of aliphatic hydroxyl groups is 1. The van der Waals surface area contributed by atoms with Gasteiger partial charge in [-0.05, 0) is 23.3 Å². The predicted octanol–water partition coefficient (Wildman–Crippen LogP) is 4.30. The molecule has 1 N–H and O–H groups in total. The van der Waals surface area contributed by atoms with E-state index in [1.54, 1.807) is 36.4 Å². The minimum absolute atomic E-state index is 0.138. The highest BCUT2D eigenvalue weighted by Gasteiger charge is 2.49. The van der Waals surface area contributed by atoms with Gasteiger partial charge in [-0.25, -0.2) is 4.79 Å². The minimum Gasteiger partial charge on any atom is -0.450 e. The summed E-state index contributed by atoms with van der Waals surface area (Å²) in [6.07, 6.45) is -3.35. The first-order chi connectivity index (χ1) is 18.2. The Morgan fingerprint density at radius 1 is 0.838 bits per heavy atom. The molecule has 7 heteroatoms.